The molecule has 0 aliphatic heterocycles. The van der Waals surface area contributed by atoms with E-state index in [1.165, 1.54) is 0 Å². The van der Waals surface area contributed by atoms with Crippen molar-refractivity contribution in [3.05, 3.63) is 30.1 Å². The van der Waals surface area contributed by atoms with Gasteiger partial charge in [0.05, 0.1) is 5.69 Å². The predicted octanol–water partition coefficient (Wildman–Crippen LogP) is 2.30. The van der Waals surface area contributed by atoms with Crippen molar-refractivity contribution in [2.75, 3.05) is 17.7 Å². The summed E-state index contributed by atoms with van der Waals surface area (Å²) in [4.78, 5) is 20.0. The number of aryl methyl sites for hydroxylation is 1. The summed E-state index contributed by atoms with van der Waals surface area (Å²) in [5.41, 5.74) is 2.18. The molecule has 0 unspecified atom stereocenters. The standard InChI is InChI=1S/C12H13ClN4O/c1-8-2-3-9-10(4-6-14-11(9)16-8)17-12(18)15-7-5-13/h2-4,6H,5,7H2,1H3,(H2,14,15,16,17,18). The Morgan fingerprint density at radius 3 is 3.00 bits per heavy atom. The van der Waals surface area contributed by atoms with Gasteiger partial charge in [-0.05, 0) is 25.1 Å². The van der Waals surface area contributed by atoms with Gasteiger partial charge in [-0.3, -0.25) is 0 Å². The minimum absolute atomic E-state index is 0.288. The molecule has 2 amide bonds. The Kier molecular flexibility index (Phi) is 3.94. The van der Waals surface area contributed by atoms with E-state index in [9.17, 15) is 4.79 Å². The van der Waals surface area contributed by atoms with Gasteiger partial charge in [-0.2, -0.15) is 0 Å². The second-order valence-electron chi connectivity index (χ2n) is 3.75. The van der Waals surface area contributed by atoms with Gasteiger partial charge in [-0.25, -0.2) is 14.8 Å². The first-order valence-corrected chi connectivity index (χ1v) is 6.07. The molecule has 6 heteroatoms. The van der Waals surface area contributed by atoms with Crippen molar-refractivity contribution in [3.63, 3.8) is 0 Å². The summed E-state index contributed by atoms with van der Waals surface area (Å²) in [6, 6.07) is 5.22. The number of pyridine rings is 2. The molecule has 2 rings (SSSR count). The fourth-order valence-corrected chi connectivity index (χ4v) is 1.65. The van der Waals surface area contributed by atoms with Crippen molar-refractivity contribution in [3.8, 4) is 0 Å². The minimum atomic E-state index is -0.288. The number of rotatable bonds is 3. The topological polar surface area (TPSA) is 66.9 Å². The third kappa shape index (κ3) is 2.87. The molecule has 0 radical (unpaired) electrons. The van der Waals surface area contributed by atoms with Gasteiger partial charge in [0.15, 0.2) is 5.65 Å². The molecule has 18 heavy (non-hydrogen) atoms. The number of anilines is 1. The Morgan fingerprint density at radius 1 is 1.39 bits per heavy atom. The molecule has 2 aromatic heterocycles. The van der Waals surface area contributed by atoms with E-state index in [-0.39, 0.29) is 6.03 Å². The van der Waals surface area contributed by atoms with Crippen LogP contribution in [0.1, 0.15) is 5.69 Å². The lowest BCUT2D eigenvalue weighted by molar-refractivity contribution is 0.252. The first kappa shape index (κ1) is 12.6. The number of aromatic nitrogens is 2. The number of carbonyl (C=O) groups excluding carboxylic acids is 1. The fraction of sp³-hybridized carbons (Fsp3) is 0.250. The Balaban J connectivity index is 2.25. The maximum absolute atomic E-state index is 11.6. The molecule has 0 atom stereocenters. The summed E-state index contributed by atoms with van der Waals surface area (Å²) in [6.45, 7) is 2.32. The van der Waals surface area contributed by atoms with Crippen LogP contribution in [0.15, 0.2) is 24.4 Å². The maximum atomic E-state index is 11.6. The molecular formula is C12H13ClN4O. The van der Waals surface area contributed by atoms with E-state index < -0.39 is 0 Å². The summed E-state index contributed by atoms with van der Waals surface area (Å²) in [5.74, 6) is 0.380. The zero-order chi connectivity index (χ0) is 13.0. The number of hydrogen-bond donors (Lipinski definition) is 2. The van der Waals surface area contributed by atoms with Crippen LogP contribution in [0.4, 0.5) is 10.5 Å². The van der Waals surface area contributed by atoms with Gasteiger partial charge < -0.3 is 10.6 Å². The summed E-state index contributed by atoms with van der Waals surface area (Å²) >= 11 is 5.50. The van der Waals surface area contributed by atoms with Crippen LogP contribution in [0, 0.1) is 6.92 Å². The first-order valence-electron chi connectivity index (χ1n) is 5.54. The second-order valence-corrected chi connectivity index (χ2v) is 4.13. The Morgan fingerprint density at radius 2 is 2.22 bits per heavy atom. The smallest absolute Gasteiger partial charge is 0.319 e. The predicted molar refractivity (Wildman–Crippen MR) is 72.0 cm³/mol. The van der Waals surface area contributed by atoms with Crippen LogP contribution in [0.25, 0.3) is 11.0 Å². The molecule has 0 bridgehead atoms. The van der Waals surface area contributed by atoms with Crippen LogP contribution in [-0.4, -0.2) is 28.4 Å². The molecule has 0 aliphatic rings. The lowest BCUT2D eigenvalue weighted by atomic mass is 10.2. The van der Waals surface area contributed by atoms with E-state index in [0.717, 1.165) is 11.1 Å². The Bertz CT molecular complexity index is 573. The van der Waals surface area contributed by atoms with Crippen LogP contribution in [0.5, 0.6) is 0 Å². The zero-order valence-electron chi connectivity index (χ0n) is 9.90. The lowest BCUT2D eigenvalue weighted by Gasteiger charge is -2.08. The lowest BCUT2D eigenvalue weighted by Crippen LogP contribution is -2.30. The molecule has 0 fully saturated rings. The van der Waals surface area contributed by atoms with E-state index in [1.54, 1.807) is 12.3 Å². The van der Waals surface area contributed by atoms with E-state index >= 15 is 0 Å². The Hall–Kier alpha value is -1.88. The maximum Gasteiger partial charge on any atom is 0.319 e. The molecule has 94 valence electrons. The molecule has 2 aromatic rings. The number of nitrogens with zero attached hydrogens (tertiary/aromatic N) is 2. The summed E-state index contributed by atoms with van der Waals surface area (Å²) in [5, 5.41) is 6.19. The van der Waals surface area contributed by atoms with Crippen molar-refractivity contribution >= 4 is 34.4 Å². The van der Waals surface area contributed by atoms with Crippen molar-refractivity contribution in [1.29, 1.82) is 0 Å². The van der Waals surface area contributed by atoms with E-state index in [1.807, 2.05) is 19.1 Å². The monoisotopic (exact) mass is 264 g/mol. The first-order chi connectivity index (χ1) is 8.70. The highest BCUT2D eigenvalue weighted by molar-refractivity contribution is 6.18. The van der Waals surface area contributed by atoms with Crippen LogP contribution < -0.4 is 10.6 Å². The molecule has 2 N–H and O–H groups in total. The van der Waals surface area contributed by atoms with Crippen molar-refractivity contribution in [2.24, 2.45) is 0 Å². The van der Waals surface area contributed by atoms with Gasteiger partial charge in [0.1, 0.15) is 0 Å². The van der Waals surface area contributed by atoms with E-state index in [4.69, 9.17) is 11.6 Å². The van der Waals surface area contributed by atoms with Gasteiger partial charge in [0, 0.05) is 29.7 Å². The molecule has 0 spiro atoms. The highest BCUT2D eigenvalue weighted by atomic mass is 35.5. The largest absolute Gasteiger partial charge is 0.337 e. The van der Waals surface area contributed by atoms with Crippen molar-refractivity contribution < 1.29 is 4.79 Å². The molecular weight excluding hydrogens is 252 g/mol. The molecule has 0 aliphatic carbocycles. The number of amides is 2. The molecule has 5 nitrogen and oxygen atoms in total. The zero-order valence-corrected chi connectivity index (χ0v) is 10.7. The molecule has 2 heterocycles. The van der Waals surface area contributed by atoms with Gasteiger partial charge in [-0.1, -0.05) is 0 Å². The summed E-state index contributed by atoms with van der Waals surface area (Å²) < 4.78 is 0. The van der Waals surface area contributed by atoms with Crippen LogP contribution >= 0.6 is 11.6 Å². The van der Waals surface area contributed by atoms with Crippen molar-refractivity contribution in [2.45, 2.75) is 6.92 Å². The van der Waals surface area contributed by atoms with Gasteiger partial charge in [0.25, 0.3) is 0 Å². The molecule has 0 aromatic carbocycles. The van der Waals surface area contributed by atoms with Crippen LogP contribution in [0.3, 0.4) is 0 Å². The summed E-state index contributed by atoms with van der Waals surface area (Å²) in [7, 11) is 0. The van der Waals surface area contributed by atoms with Crippen LogP contribution in [0.2, 0.25) is 0 Å². The summed E-state index contributed by atoms with van der Waals surface area (Å²) in [6.07, 6.45) is 1.62. The van der Waals surface area contributed by atoms with E-state index in [0.29, 0.717) is 23.8 Å². The molecule has 0 saturated heterocycles. The van der Waals surface area contributed by atoms with E-state index in [2.05, 4.69) is 20.6 Å². The number of carbonyl (C=O) groups is 1. The van der Waals surface area contributed by atoms with Gasteiger partial charge in [-0.15, -0.1) is 11.6 Å². The average molecular weight is 265 g/mol. The molecule has 0 saturated carbocycles. The second kappa shape index (κ2) is 5.64. The normalized spacial score (nSPS) is 10.3. The number of halogens is 1. The number of nitrogens with one attached hydrogen (secondary N) is 2. The highest BCUT2D eigenvalue weighted by Gasteiger charge is 2.06. The fourth-order valence-electron chi connectivity index (χ4n) is 1.56. The number of fused-ring (bicyclic) bond motifs is 1. The average Bonchev–Trinajstić information content (AvgIpc) is 2.36. The quantitative estimate of drug-likeness (QED) is 0.836. The Labute approximate surface area is 110 Å². The minimum Gasteiger partial charge on any atom is -0.337 e. The number of alkyl halides is 1. The van der Waals surface area contributed by atoms with Gasteiger partial charge >= 0.3 is 6.03 Å². The van der Waals surface area contributed by atoms with Crippen molar-refractivity contribution in [1.82, 2.24) is 15.3 Å². The highest BCUT2D eigenvalue weighted by Crippen LogP contribution is 2.19. The van der Waals surface area contributed by atoms with Gasteiger partial charge in [0.2, 0.25) is 0 Å². The third-order valence-electron chi connectivity index (χ3n) is 2.37. The number of hydrogen-bond acceptors (Lipinski definition) is 3. The SMILES string of the molecule is Cc1ccc2c(NC(=O)NCCCl)ccnc2n1. The number of urea groups is 1. The third-order valence-corrected chi connectivity index (χ3v) is 2.56. The van der Waals surface area contributed by atoms with Crippen LogP contribution in [-0.2, 0) is 0 Å².